The van der Waals surface area contributed by atoms with Crippen LogP contribution in [0.25, 0.3) is 0 Å². The summed E-state index contributed by atoms with van der Waals surface area (Å²) in [5.74, 6) is 0. The van der Waals surface area contributed by atoms with Gasteiger partial charge in [-0.15, -0.1) is 11.6 Å². The number of rotatable bonds is 4. The van der Waals surface area contributed by atoms with E-state index < -0.39 is 0 Å². The Kier molecular flexibility index (Phi) is 4.00. The average Bonchev–Trinajstić information content (AvgIpc) is 2.16. The Bertz CT molecular complexity index is 215. The summed E-state index contributed by atoms with van der Waals surface area (Å²) in [6.07, 6.45) is 3.54. The monoisotopic (exact) mass is 185 g/mol. The molecule has 4 heteroatoms. The van der Waals surface area contributed by atoms with Crippen LogP contribution in [-0.2, 0) is 6.54 Å². The molecule has 3 N–H and O–H groups in total. The molecule has 1 aromatic heterocycles. The van der Waals surface area contributed by atoms with Gasteiger partial charge in [0.25, 0.3) is 0 Å². The number of pyridine rings is 1. The Morgan fingerprint density at radius 1 is 1.67 bits per heavy atom. The van der Waals surface area contributed by atoms with Gasteiger partial charge in [-0.05, 0) is 11.6 Å². The highest BCUT2D eigenvalue weighted by atomic mass is 35.5. The molecule has 66 valence electrons. The van der Waals surface area contributed by atoms with Crippen molar-refractivity contribution in [2.24, 2.45) is 5.73 Å². The number of hydrogen-bond donors (Lipinski definition) is 2. The number of nitrogens with zero attached hydrogens (tertiary/aromatic N) is 1. The van der Waals surface area contributed by atoms with Crippen LogP contribution in [0.15, 0.2) is 24.5 Å². The summed E-state index contributed by atoms with van der Waals surface area (Å²) in [5, 5.41) is 3.05. The highest BCUT2D eigenvalue weighted by Crippen LogP contribution is 1.96. The summed E-state index contributed by atoms with van der Waals surface area (Å²) in [6, 6.07) is 3.88. The lowest BCUT2D eigenvalue weighted by atomic mass is 10.3. The third-order valence-electron chi connectivity index (χ3n) is 1.46. The molecule has 1 heterocycles. The van der Waals surface area contributed by atoms with Crippen molar-refractivity contribution in [2.45, 2.75) is 12.0 Å². The molecule has 0 aliphatic rings. The van der Waals surface area contributed by atoms with Crippen LogP contribution in [0.3, 0.4) is 0 Å². The van der Waals surface area contributed by atoms with Crippen LogP contribution in [0.2, 0.25) is 0 Å². The third kappa shape index (κ3) is 3.17. The van der Waals surface area contributed by atoms with Crippen molar-refractivity contribution in [1.82, 2.24) is 10.3 Å². The summed E-state index contributed by atoms with van der Waals surface area (Å²) in [7, 11) is 0. The smallest absolute Gasteiger partial charge is 0.0952 e. The largest absolute Gasteiger partial charge is 0.328 e. The van der Waals surface area contributed by atoms with Gasteiger partial charge in [0.1, 0.15) is 0 Å². The van der Waals surface area contributed by atoms with Crippen molar-refractivity contribution in [1.29, 1.82) is 0 Å². The molecule has 1 aromatic rings. The van der Waals surface area contributed by atoms with Gasteiger partial charge in [-0.25, -0.2) is 0 Å². The molecule has 0 bridgehead atoms. The fraction of sp³-hybridized carbons (Fsp3) is 0.375. The van der Waals surface area contributed by atoms with Crippen LogP contribution in [0.1, 0.15) is 5.56 Å². The predicted octanol–water partition coefficient (Wildman–Crippen LogP) is 0.695. The van der Waals surface area contributed by atoms with Crippen molar-refractivity contribution in [3.63, 3.8) is 0 Å². The minimum atomic E-state index is -0.162. The predicted molar refractivity (Wildman–Crippen MR) is 49.8 cm³/mol. The summed E-state index contributed by atoms with van der Waals surface area (Å²) in [5.41, 5.74) is 6.27. The molecular weight excluding hydrogens is 174 g/mol. The van der Waals surface area contributed by atoms with Crippen LogP contribution in [0.4, 0.5) is 0 Å². The molecule has 0 fully saturated rings. The van der Waals surface area contributed by atoms with Gasteiger partial charge in [-0.2, -0.15) is 0 Å². The van der Waals surface area contributed by atoms with Crippen LogP contribution in [0, 0.1) is 0 Å². The zero-order chi connectivity index (χ0) is 8.81. The minimum absolute atomic E-state index is 0.162. The molecule has 0 spiro atoms. The van der Waals surface area contributed by atoms with Gasteiger partial charge in [-0.1, -0.05) is 6.07 Å². The normalized spacial score (nSPS) is 12.8. The first-order valence-corrected chi connectivity index (χ1v) is 4.23. The van der Waals surface area contributed by atoms with Crippen LogP contribution < -0.4 is 11.1 Å². The molecule has 3 nitrogen and oxygen atoms in total. The molecule has 1 rings (SSSR count). The molecule has 0 radical (unpaired) electrons. The van der Waals surface area contributed by atoms with Gasteiger partial charge < -0.3 is 5.73 Å². The van der Waals surface area contributed by atoms with Crippen LogP contribution in [0.5, 0.6) is 0 Å². The van der Waals surface area contributed by atoms with E-state index in [2.05, 4.69) is 10.3 Å². The van der Waals surface area contributed by atoms with Crippen molar-refractivity contribution < 1.29 is 0 Å². The molecule has 1 atom stereocenters. The number of nitrogens with one attached hydrogen (secondary N) is 1. The van der Waals surface area contributed by atoms with Crippen molar-refractivity contribution >= 4 is 11.6 Å². The van der Waals surface area contributed by atoms with Gasteiger partial charge in [0, 0.05) is 25.5 Å². The fourth-order valence-corrected chi connectivity index (χ4v) is 0.892. The Balaban J connectivity index is 2.33. The number of nitrogens with two attached hydrogens (primary N) is 1. The number of aromatic nitrogens is 1. The Morgan fingerprint density at radius 3 is 3.08 bits per heavy atom. The van der Waals surface area contributed by atoms with E-state index >= 15 is 0 Å². The average molecular weight is 186 g/mol. The maximum absolute atomic E-state index is 5.76. The molecule has 0 aliphatic carbocycles. The quantitative estimate of drug-likeness (QED) is 0.536. The Labute approximate surface area is 76.9 Å². The van der Waals surface area contributed by atoms with Gasteiger partial charge in [0.15, 0.2) is 0 Å². The second-order valence-electron chi connectivity index (χ2n) is 2.45. The lowest BCUT2D eigenvalue weighted by Crippen LogP contribution is -2.30. The number of halogens is 1. The summed E-state index contributed by atoms with van der Waals surface area (Å²) in [6.45, 7) is 1.14. The molecular formula is C8H12ClN3. The standard InChI is InChI=1S/C8H12ClN3/c9-8(4-10)12-6-7-2-1-3-11-5-7/h1-3,5,8,12H,4,6,10H2. The molecule has 0 amide bonds. The van der Waals surface area contributed by atoms with E-state index in [1.54, 1.807) is 12.4 Å². The SMILES string of the molecule is NCC(Cl)NCc1cccnc1. The molecule has 12 heavy (non-hydrogen) atoms. The second-order valence-corrected chi connectivity index (χ2v) is 2.97. The minimum Gasteiger partial charge on any atom is -0.328 e. The molecule has 0 aliphatic heterocycles. The zero-order valence-electron chi connectivity index (χ0n) is 6.70. The van der Waals surface area contributed by atoms with E-state index in [-0.39, 0.29) is 5.50 Å². The second kappa shape index (κ2) is 5.09. The summed E-state index contributed by atoms with van der Waals surface area (Å²) in [4.78, 5) is 3.97. The third-order valence-corrected chi connectivity index (χ3v) is 1.79. The van der Waals surface area contributed by atoms with Crippen molar-refractivity contribution in [2.75, 3.05) is 6.54 Å². The first-order valence-electron chi connectivity index (χ1n) is 3.79. The van der Waals surface area contributed by atoms with Gasteiger partial charge in [0.05, 0.1) is 5.50 Å². The van der Waals surface area contributed by atoms with E-state index in [9.17, 15) is 0 Å². The molecule has 0 saturated carbocycles. The van der Waals surface area contributed by atoms with Crippen LogP contribution in [-0.4, -0.2) is 17.0 Å². The first kappa shape index (κ1) is 9.45. The van der Waals surface area contributed by atoms with E-state index in [0.717, 1.165) is 5.56 Å². The first-order chi connectivity index (χ1) is 5.83. The number of alkyl halides is 1. The summed E-state index contributed by atoms with van der Waals surface area (Å²) < 4.78 is 0. The van der Waals surface area contributed by atoms with Gasteiger partial charge >= 0.3 is 0 Å². The van der Waals surface area contributed by atoms with E-state index in [4.69, 9.17) is 17.3 Å². The highest BCUT2D eigenvalue weighted by Gasteiger charge is 1.99. The summed E-state index contributed by atoms with van der Waals surface area (Å²) >= 11 is 5.76. The van der Waals surface area contributed by atoms with E-state index in [0.29, 0.717) is 13.1 Å². The lowest BCUT2D eigenvalue weighted by molar-refractivity contribution is 0.645. The fourth-order valence-electron chi connectivity index (χ4n) is 0.815. The number of hydrogen-bond acceptors (Lipinski definition) is 3. The van der Waals surface area contributed by atoms with E-state index in [1.165, 1.54) is 0 Å². The van der Waals surface area contributed by atoms with Crippen molar-refractivity contribution in [3.05, 3.63) is 30.1 Å². The molecule has 1 unspecified atom stereocenters. The molecule has 0 saturated heterocycles. The van der Waals surface area contributed by atoms with E-state index in [1.807, 2.05) is 12.1 Å². The van der Waals surface area contributed by atoms with Crippen molar-refractivity contribution in [3.8, 4) is 0 Å². The highest BCUT2D eigenvalue weighted by molar-refractivity contribution is 6.20. The maximum Gasteiger partial charge on any atom is 0.0952 e. The van der Waals surface area contributed by atoms with Gasteiger partial charge in [0.2, 0.25) is 0 Å². The topological polar surface area (TPSA) is 50.9 Å². The molecule has 0 aromatic carbocycles. The maximum atomic E-state index is 5.76. The lowest BCUT2D eigenvalue weighted by Gasteiger charge is -2.08. The Morgan fingerprint density at radius 2 is 2.50 bits per heavy atom. The van der Waals surface area contributed by atoms with Gasteiger partial charge in [-0.3, -0.25) is 10.3 Å². The van der Waals surface area contributed by atoms with Crippen LogP contribution >= 0.6 is 11.6 Å². The zero-order valence-corrected chi connectivity index (χ0v) is 7.46. The Hall–Kier alpha value is -0.640.